The second-order valence-corrected chi connectivity index (χ2v) is 14.3. The van der Waals surface area contributed by atoms with Crippen molar-refractivity contribution in [2.24, 2.45) is 39.7 Å². The molecule has 0 bridgehead atoms. The van der Waals surface area contributed by atoms with Crippen molar-refractivity contribution in [3.63, 3.8) is 0 Å². The number of hydrogen-bond acceptors (Lipinski definition) is 9. The summed E-state index contributed by atoms with van der Waals surface area (Å²) in [5, 5.41) is 22.1. The van der Waals surface area contributed by atoms with E-state index in [-0.39, 0.29) is 43.0 Å². The number of nitriles is 1. The molecule has 0 aromatic carbocycles. The zero-order chi connectivity index (χ0) is 45.0. The minimum Gasteiger partial charge on any atom is -0.444 e. The fourth-order valence-electron chi connectivity index (χ4n) is 5.15. The van der Waals surface area contributed by atoms with Crippen LogP contribution in [0.15, 0.2) is 61.2 Å². The van der Waals surface area contributed by atoms with Gasteiger partial charge in [-0.1, -0.05) is 6.32 Å². The van der Waals surface area contributed by atoms with Crippen molar-refractivity contribution in [3.8, 4) is 5.97 Å². The van der Waals surface area contributed by atoms with Gasteiger partial charge in [-0.05, 0) is 69.6 Å². The second kappa shape index (κ2) is 23.9. The van der Waals surface area contributed by atoms with E-state index in [9.17, 15) is 33.6 Å². The van der Waals surface area contributed by atoms with Crippen molar-refractivity contribution < 1.29 is 38.3 Å². The first-order chi connectivity index (χ1) is 28.2. The molecule has 0 atom stereocenters. The van der Waals surface area contributed by atoms with E-state index in [0.717, 1.165) is 0 Å². The number of aryl methyl sites for hydroxylation is 4. The highest BCUT2D eigenvalue weighted by Gasteiger charge is 2.18. The smallest absolute Gasteiger partial charge is 0.407 e. The van der Waals surface area contributed by atoms with Crippen LogP contribution in [0, 0.1) is 11.2 Å². The van der Waals surface area contributed by atoms with Gasteiger partial charge in [0.05, 0.1) is 11.4 Å². The molecule has 0 saturated carbocycles. The molecule has 9 N–H and O–H groups in total. The lowest BCUT2D eigenvalue weighted by Gasteiger charge is -2.19. The number of ether oxygens (including phenoxy) is 1. The standard InChI is InChI=1S/C25H31BN8O4.C8H16N2O3.C6H8N2O/c1-32-11-4-6-19(32)23(36)28-9-5-10-29-24(37)20-13-18(15-33(20)2)31-25(38)21-12-17(14-34(21)3)30-22(35)7-8-26-16-27;1-8(2,3)13-7(12)10-5-4-6(9)11;1-8-4-2-3-5(8)6(7)9/h4,6,11-15,26H,5,7-10H2,1-3H3,(H,28,36)(H,29,37)(H,30,35)(H,31,38);4-5H2,1-3H3,(H2,9,11)(H,10,12);2-4H,1H3,(H2,7,9). The maximum absolute atomic E-state index is 12.8. The Bertz CT molecular complexity index is 2150. The zero-order valence-electron chi connectivity index (χ0n) is 35.1. The van der Waals surface area contributed by atoms with Gasteiger partial charge in [0.25, 0.3) is 30.9 Å². The Morgan fingerprint density at radius 1 is 0.700 bits per heavy atom. The number of hydrogen-bond donors (Lipinski definition) is 7. The van der Waals surface area contributed by atoms with Gasteiger partial charge in [-0.3, -0.25) is 28.8 Å². The molecule has 4 heterocycles. The summed E-state index contributed by atoms with van der Waals surface area (Å²) in [5.74, 6) is 0.0616. The molecule has 4 aromatic rings. The predicted molar refractivity (Wildman–Crippen MR) is 226 cm³/mol. The Morgan fingerprint density at radius 3 is 1.68 bits per heavy atom. The van der Waals surface area contributed by atoms with E-state index in [1.165, 1.54) is 0 Å². The number of carbonyl (C=O) groups excluding carboxylic acids is 7. The van der Waals surface area contributed by atoms with Crippen LogP contribution in [0.2, 0.25) is 6.32 Å². The van der Waals surface area contributed by atoms with Gasteiger partial charge in [0, 0.05) is 85.5 Å². The molecule has 20 nitrogen and oxygen atoms in total. The van der Waals surface area contributed by atoms with E-state index in [1.807, 2.05) is 5.97 Å². The van der Waals surface area contributed by atoms with Crippen molar-refractivity contribution in [2.75, 3.05) is 30.3 Å². The summed E-state index contributed by atoms with van der Waals surface area (Å²) in [5.41, 5.74) is 12.1. The average Bonchev–Trinajstić information content (AvgIpc) is 3.95. The molecule has 4 rings (SSSR count). The molecule has 0 aliphatic heterocycles. The predicted octanol–water partition coefficient (Wildman–Crippen LogP) is 1.68. The number of amides is 7. The van der Waals surface area contributed by atoms with Crippen LogP contribution < -0.4 is 38.1 Å². The van der Waals surface area contributed by atoms with Crippen molar-refractivity contribution in [2.45, 2.75) is 52.0 Å². The average molecular weight is 831 g/mol. The highest BCUT2D eigenvalue weighted by molar-refractivity contribution is 6.45. The molecule has 0 fully saturated rings. The van der Waals surface area contributed by atoms with Crippen LogP contribution >= 0.6 is 0 Å². The van der Waals surface area contributed by atoms with Crippen LogP contribution in [0.3, 0.4) is 0 Å². The normalized spacial score (nSPS) is 10.3. The second-order valence-electron chi connectivity index (χ2n) is 14.3. The lowest BCUT2D eigenvalue weighted by molar-refractivity contribution is -0.118. The molecule has 0 spiro atoms. The molecular weight excluding hydrogens is 775 g/mol. The van der Waals surface area contributed by atoms with Crippen LogP contribution in [-0.2, 0) is 42.5 Å². The van der Waals surface area contributed by atoms with Crippen LogP contribution in [-0.4, -0.2) is 92.3 Å². The molecule has 7 amide bonds. The Morgan fingerprint density at radius 2 is 1.22 bits per heavy atom. The van der Waals surface area contributed by atoms with Gasteiger partial charge in [-0.2, -0.15) is 0 Å². The third-order valence-corrected chi connectivity index (χ3v) is 8.05. The molecule has 60 heavy (non-hydrogen) atoms. The molecule has 322 valence electrons. The van der Waals surface area contributed by atoms with Crippen molar-refractivity contribution >= 4 is 60.2 Å². The molecular formula is C39H55BN12O8. The molecule has 0 unspecified atom stereocenters. The molecule has 0 saturated heterocycles. The van der Waals surface area contributed by atoms with Crippen molar-refractivity contribution in [3.05, 3.63) is 84.0 Å². The summed E-state index contributed by atoms with van der Waals surface area (Å²) in [6.45, 7) is 6.29. The van der Waals surface area contributed by atoms with Crippen molar-refractivity contribution in [1.82, 2.24) is 34.2 Å². The SMILES string of the molecule is CC(C)(C)OC(=O)NCCC(N)=O.Cn1cccc1C(=O)NCCCNC(=O)c1cc(NC(=O)c2cc(NC(=O)CCBC#N)cn2C)cn1C.Cn1cccc1C(N)=O. The largest absolute Gasteiger partial charge is 0.444 e. The third-order valence-electron chi connectivity index (χ3n) is 8.05. The van der Waals surface area contributed by atoms with Gasteiger partial charge in [-0.15, -0.1) is 0 Å². The Labute approximate surface area is 349 Å². The summed E-state index contributed by atoms with van der Waals surface area (Å²) in [6, 6.07) is 10.1. The van der Waals surface area contributed by atoms with E-state index in [4.69, 9.17) is 21.5 Å². The minimum absolute atomic E-state index is 0.124. The number of alkyl carbamates (subject to hydrolysis) is 1. The number of carbonyl (C=O) groups is 7. The van der Waals surface area contributed by atoms with Gasteiger partial charge < -0.3 is 61.1 Å². The lowest BCUT2D eigenvalue weighted by Crippen LogP contribution is -2.34. The van der Waals surface area contributed by atoms with Gasteiger partial charge in [0.15, 0.2) is 0 Å². The summed E-state index contributed by atoms with van der Waals surface area (Å²) in [6.07, 6.45) is 7.67. The van der Waals surface area contributed by atoms with E-state index in [0.29, 0.717) is 67.3 Å². The molecule has 4 aromatic heterocycles. The summed E-state index contributed by atoms with van der Waals surface area (Å²) >= 11 is 0. The first-order valence-corrected chi connectivity index (χ1v) is 18.9. The number of primary amides is 2. The highest BCUT2D eigenvalue weighted by atomic mass is 16.6. The maximum atomic E-state index is 12.8. The number of nitrogens with zero attached hydrogens (tertiary/aromatic N) is 5. The first kappa shape index (κ1) is 48.9. The van der Waals surface area contributed by atoms with Gasteiger partial charge >= 0.3 is 6.09 Å². The van der Waals surface area contributed by atoms with Gasteiger partial charge in [0.2, 0.25) is 11.8 Å². The van der Waals surface area contributed by atoms with Crippen LogP contribution in [0.4, 0.5) is 16.2 Å². The molecule has 0 aliphatic carbocycles. The van der Waals surface area contributed by atoms with E-state index >= 15 is 0 Å². The van der Waals surface area contributed by atoms with E-state index < -0.39 is 23.5 Å². The number of rotatable bonds is 16. The lowest BCUT2D eigenvalue weighted by atomic mass is 9.76. The topological polar surface area (TPSA) is 284 Å². The number of nitrogens with two attached hydrogens (primary N) is 2. The fraction of sp³-hybridized carbons (Fsp3) is 0.385. The monoisotopic (exact) mass is 830 g/mol. The zero-order valence-corrected chi connectivity index (χ0v) is 35.1. The Balaban J connectivity index is 0.000000457. The summed E-state index contributed by atoms with van der Waals surface area (Å²) < 4.78 is 11.5. The van der Waals surface area contributed by atoms with E-state index in [1.54, 1.807) is 128 Å². The van der Waals surface area contributed by atoms with E-state index in [2.05, 4.69) is 26.6 Å². The molecule has 0 aliphatic rings. The fourth-order valence-corrected chi connectivity index (χ4v) is 5.15. The van der Waals surface area contributed by atoms with Crippen molar-refractivity contribution in [1.29, 1.82) is 5.26 Å². The first-order valence-electron chi connectivity index (χ1n) is 18.9. The number of nitrogens with one attached hydrogen (secondary N) is 5. The number of aromatic nitrogens is 4. The summed E-state index contributed by atoms with van der Waals surface area (Å²) in [7, 11) is 7.27. The van der Waals surface area contributed by atoms with Crippen LogP contribution in [0.5, 0.6) is 0 Å². The van der Waals surface area contributed by atoms with Crippen LogP contribution in [0.1, 0.15) is 82.0 Å². The Hall–Kier alpha value is -7.24. The summed E-state index contributed by atoms with van der Waals surface area (Å²) in [4.78, 5) is 81.3. The van der Waals surface area contributed by atoms with Gasteiger partial charge in [-0.25, -0.2) is 10.1 Å². The minimum atomic E-state index is -0.534. The molecule has 21 heteroatoms. The Kier molecular flexibility index (Phi) is 19.5. The van der Waals surface area contributed by atoms with Gasteiger partial charge in [0.1, 0.15) is 28.4 Å². The maximum Gasteiger partial charge on any atom is 0.407 e. The third kappa shape index (κ3) is 17.5. The quantitative estimate of drug-likeness (QED) is 0.0638. The number of anilines is 2. The highest BCUT2D eigenvalue weighted by Crippen LogP contribution is 2.18. The molecule has 0 radical (unpaired) electrons. The van der Waals surface area contributed by atoms with Crippen LogP contribution in [0.25, 0.3) is 0 Å².